The zero-order valence-electron chi connectivity index (χ0n) is 17.5. The highest BCUT2D eigenvalue weighted by molar-refractivity contribution is 6.00. The van der Waals surface area contributed by atoms with Crippen LogP contribution in [-0.2, 0) is 0 Å². The van der Waals surface area contributed by atoms with E-state index in [0.29, 0.717) is 12.0 Å². The van der Waals surface area contributed by atoms with Crippen LogP contribution in [0.25, 0.3) is 0 Å². The molecule has 0 spiro atoms. The first-order chi connectivity index (χ1) is 13.8. The lowest BCUT2D eigenvalue weighted by Crippen LogP contribution is -2.44. The Morgan fingerprint density at radius 2 is 2.04 bits per heavy atom. The molecule has 3 unspecified atom stereocenters. The van der Waals surface area contributed by atoms with Gasteiger partial charge in [0.05, 0.1) is 12.6 Å². The van der Waals surface area contributed by atoms with Gasteiger partial charge in [0.2, 0.25) is 0 Å². The van der Waals surface area contributed by atoms with Crippen LogP contribution < -0.4 is 0 Å². The summed E-state index contributed by atoms with van der Waals surface area (Å²) in [7, 11) is 0. The molecule has 2 nitrogen and oxygen atoms in total. The van der Waals surface area contributed by atoms with Crippen LogP contribution in [0.4, 0.5) is 0 Å². The molecule has 2 aliphatic carbocycles. The Kier molecular flexibility index (Phi) is 6.14. The van der Waals surface area contributed by atoms with Crippen LogP contribution in [0.2, 0.25) is 0 Å². The molecule has 4 rings (SSSR count). The Balaban J connectivity index is 1.74. The van der Waals surface area contributed by atoms with Gasteiger partial charge in [-0.1, -0.05) is 74.9 Å². The second-order valence-corrected chi connectivity index (χ2v) is 8.50. The van der Waals surface area contributed by atoms with Crippen LogP contribution in [0, 0.1) is 11.8 Å². The highest BCUT2D eigenvalue weighted by Crippen LogP contribution is 2.40. The monoisotopic (exact) mass is 374 g/mol. The normalized spacial score (nSPS) is 24.4. The van der Waals surface area contributed by atoms with Gasteiger partial charge in [0.15, 0.2) is 0 Å². The maximum atomic E-state index is 4.96. The minimum absolute atomic E-state index is 0.380. The minimum atomic E-state index is 0.380. The van der Waals surface area contributed by atoms with Gasteiger partial charge in [-0.3, -0.25) is 4.99 Å². The lowest BCUT2D eigenvalue weighted by Gasteiger charge is -2.41. The van der Waals surface area contributed by atoms with Gasteiger partial charge in [-0.05, 0) is 55.1 Å². The average molecular weight is 375 g/mol. The van der Waals surface area contributed by atoms with Crippen molar-refractivity contribution in [3.8, 4) is 0 Å². The van der Waals surface area contributed by atoms with Gasteiger partial charge in [-0.25, -0.2) is 0 Å². The van der Waals surface area contributed by atoms with E-state index < -0.39 is 0 Å². The van der Waals surface area contributed by atoms with E-state index in [0.717, 1.165) is 25.4 Å². The fourth-order valence-electron chi connectivity index (χ4n) is 5.14. The topological polar surface area (TPSA) is 15.6 Å². The lowest BCUT2D eigenvalue weighted by molar-refractivity contribution is 0.300. The van der Waals surface area contributed by atoms with E-state index in [-0.39, 0.29) is 0 Å². The van der Waals surface area contributed by atoms with E-state index in [1.165, 1.54) is 43.5 Å². The number of benzene rings is 1. The number of hydrogen-bond acceptors (Lipinski definition) is 2. The Labute approximate surface area is 170 Å². The van der Waals surface area contributed by atoms with Crippen molar-refractivity contribution in [3.05, 3.63) is 71.3 Å². The molecule has 0 fully saturated rings. The van der Waals surface area contributed by atoms with E-state index in [1.807, 2.05) is 0 Å². The van der Waals surface area contributed by atoms with Crippen LogP contribution in [0.1, 0.15) is 57.9 Å². The minimum Gasteiger partial charge on any atom is -0.344 e. The molecule has 3 aliphatic rings. The van der Waals surface area contributed by atoms with Gasteiger partial charge in [-0.2, -0.15) is 0 Å². The summed E-state index contributed by atoms with van der Waals surface area (Å²) in [5, 5.41) is 0. The third-order valence-corrected chi connectivity index (χ3v) is 6.79. The molecule has 148 valence electrons. The molecule has 1 heterocycles. The first kappa shape index (κ1) is 19.2. The molecule has 1 aromatic carbocycles. The standard InChI is InChI=1S/C26H34N2/c1-3-20(2)23-16-10-11-17-24(23)25(21-12-6-4-7-13-21)28-19-18-27-26(28)22-14-8-5-9-15-22/h4-6,8-9,12,14-15,17,20,23,25H,3,7,10-11,13,16,18-19H2,1-2H3. The Morgan fingerprint density at radius 3 is 2.79 bits per heavy atom. The summed E-state index contributed by atoms with van der Waals surface area (Å²) in [6.07, 6.45) is 17.0. The van der Waals surface area contributed by atoms with Crippen molar-refractivity contribution in [2.75, 3.05) is 13.1 Å². The van der Waals surface area contributed by atoms with Crippen molar-refractivity contribution in [2.24, 2.45) is 16.8 Å². The van der Waals surface area contributed by atoms with Crippen LogP contribution >= 0.6 is 0 Å². The number of hydrogen-bond donors (Lipinski definition) is 0. The quantitative estimate of drug-likeness (QED) is 0.544. The fourth-order valence-corrected chi connectivity index (χ4v) is 5.14. The van der Waals surface area contributed by atoms with Crippen molar-refractivity contribution in [1.29, 1.82) is 0 Å². The lowest BCUT2D eigenvalue weighted by atomic mass is 9.73. The predicted octanol–water partition coefficient (Wildman–Crippen LogP) is 6.17. The van der Waals surface area contributed by atoms with Crippen molar-refractivity contribution >= 4 is 5.84 Å². The molecular formula is C26H34N2. The third-order valence-electron chi connectivity index (χ3n) is 6.79. The summed E-state index contributed by atoms with van der Waals surface area (Å²) in [6.45, 7) is 6.74. The highest BCUT2D eigenvalue weighted by atomic mass is 15.3. The SMILES string of the molecule is CCC(C)C1CCCC=C1C(C1=CC=CCC1)N1CCN=C1c1ccccc1. The van der Waals surface area contributed by atoms with Crippen LogP contribution in [0.3, 0.4) is 0 Å². The van der Waals surface area contributed by atoms with Crippen LogP contribution in [-0.4, -0.2) is 29.9 Å². The average Bonchev–Trinajstić information content (AvgIpc) is 3.24. The van der Waals surface area contributed by atoms with E-state index in [4.69, 9.17) is 4.99 Å². The summed E-state index contributed by atoms with van der Waals surface area (Å²) in [4.78, 5) is 7.58. The molecule has 2 heteroatoms. The second kappa shape index (κ2) is 8.94. The molecule has 0 radical (unpaired) electrons. The summed E-state index contributed by atoms with van der Waals surface area (Å²) in [6, 6.07) is 11.2. The molecular weight excluding hydrogens is 340 g/mol. The molecule has 28 heavy (non-hydrogen) atoms. The van der Waals surface area contributed by atoms with E-state index in [1.54, 1.807) is 11.1 Å². The molecule has 0 bridgehead atoms. The van der Waals surface area contributed by atoms with E-state index in [2.05, 4.69) is 73.4 Å². The van der Waals surface area contributed by atoms with Gasteiger partial charge < -0.3 is 4.90 Å². The largest absolute Gasteiger partial charge is 0.344 e. The Morgan fingerprint density at radius 1 is 1.18 bits per heavy atom. The summed E-state index contributed by atoms with van der Waals surface area (Å²) in [5.41, 5.74) is 4.51. The Hall–Kier alpha value is -2.09. The van der Waals surface area contributed by atoms with Crippen molar-refractivity contribution in [2.45, 2.75) is 58.4 Å². The smallest absolute Gasteiger partial charge is 0.131 e. The van der Waals surface area contributed by atoms with Gasteiger partial charge in [-0.15, -0.1) is 0 Å². The number of amidine groups is 1. The van der Waals surface area contributed by atoms with Crippen molar-refractivity contribution in [1.82, 2.24) is 4.90 Å². The van der Waals surface area contributed by atoms with Gasteiger partial charge in [0.1, 0.15) is 5.84 Å². The van der Waals surface area contributed by atoms with Crippen molar-refractivity contribution in [3.63, 3.8) is 0 Å². The maximum absolute atomic E-state index is 4.96. The number of aliphatic imine (C=N–C) groups is 1. The molecule has 0 aromatic heterocycles. The maximum Gasteiger partial charge on any atom is 0.131 e. The third kappa shape index (κ3) is 3.87. The molecule has 0 amide bonds. The van der Waals surface area contributed by atoms with Crippen molar-refractivity contribution < 1.29 is 0 Å². The number of rotatable bonds is 6. The summed E-state index contributed by atoms with van der Waals surface area (Å²) in [5.74, 6) is 2.64. The number of allylic oxidation sites excluding steroid dienone is 4. The zero-order chi connectivity index (χ0) is 19.3. The van der Waals surface area contributed by atoms with E-state index >= 15 is 0 Å². The van der Waals surface area contributed by atoms with Gasteiger partial charge in [0.25, 0.3) is 0 Å². The number of nitrogens with zero attached hydrogens (tertiary/aromatic N) is 2. The first-order valence-electron chi connectivity index (χ1n) is 11.2. The van der Waals surface area contributed by atoms with Gasteiger partial charge in [0, 0.05) is 12.1 Å². The highest BCUT2D eigenvalue weighted by Gasteiger charge is 2.36. The molecule has 0 N–H and O–H groups in total. The van der Waals surface area contributed by atoms with Crippen LogP contribution in [0.5, 0.6) is 0 Å². The fraction of sp³-hybridized carbons (Fsp3) is 0.500. The molecule has 3 atom stereocenters. The zero-order valence-corrected chi connectivity index (χ0v) is 17.5. The van der Waals surface area contributed by atoms with Crippen LogP contribution in [0.15, 0.2) is 70.8 Å². The second-order valence-electron chi connectivity index (χ2n) is 8.50. The Bertz CT molecular complexity index is 784. The van der Waals surface area contributed by atoms with Gasteiger partial charge >= 0.3 is 0 Å². The predicted molar refractivity (Wildman–Crippen MR) is 120 cm³/mol. The first-order valence-corrected chi connectivity index (χ1v) is 11.2. The molecule has 0 saturated heterocycles. The molecule has 1 aromatic rings. The summed E-state index contributed by atoms with van der Waals surface area (Å²) < 4.78 is 0. The van der Waals surface area contributed by atoms with E-state index in [9.17, 15) is 0 Å². The summed E-state index contributed by atoms with van der Waals surface area (Å²) >= 11 is 0. The molecule has 0 saturated carbocycles. The molecule has 1 aliphatic heterocycles.